The van der Waals surface area contributed by atoms with E-state index in [0.717, 1.165) is 10.1 Å². The molecule has 0 spiro atoms. The molecule has 2 N–H and O–H groups in total. The van der Waals surface area contributed by atoms with Gasteiger partial charge in [-0.2, -0.15) is 14.9 Å². The van der Waals surface area contributed by atoms with Gasteiger partial charge in [0.2, 0.25) is 5.88 Å². The Morgan fingerprint density at radius 3 is 2.94 bits per heavy atom. The van der Waals surface area contributed by atoms with Crippen LogP contribution in [0.4, 0.5) is 4.39 Å². The lowest BCUT2D eigenvalue weighted by Gasteiger charge is -2.07. The SMILES string of the molecule is C/C(=N\n1cc(O)[nH]c1=O)c1ccc2ncc(Cc3cc4cccnc4cc3F)n2n1. The Morgan fingerprint density at radius 1 is 1.26 bits per heavy atom. The molecular weight excluding hydrogens is 401 g/mol. The lowest BCUT2D eigenvalue weighted by atomic mass is 10.1. The van der Waals surface area contributed by atoms with Crippen LogP contribution in [0.25, 0.3) is 16.6 Å². The average molecular weight is 417 g/mol. The van der Waals surface area contributed by atoms with Gasteiger partial charge in [-0.05, 0) is 36.8 Å². The standard InChI is InChI=1S/C21H16FN7O2/c1-12(26-28-11-20(30)25-21(28)31)17-4-5-19-24-10-15(29(19)27-17)8-14-7-13-3-2-6-23-18(13)9-16(14)22/h2-7,9-11,30H,8H2,1H3,(H,25,31)/b26-12+. The van der Waals surface area contributed by atoms with Gasteiger partial charge >= 0.3 is 5.69 Å². The maximum absolute atomic E-state index is 14.6. The predicted molar refractivity (Wildman–Crippen MR) is 112 cm³/mol. The second-order valence-corrected chi connectivity index (χ2v) is 7.03. The highest BCUT2D eigenvalue weighted by Gasteiger charge is 2.12. The number of aromatic nitrogens is 6. The second-order valence-electron chi connectivity index (χ2n) is 7.03. The second kappa shape index (κ2) is 7.17. The fraction of sp³-hybridized carbons (Fsp3) is 0.0952. The summed E-state index contributed by atoms with van der Waals surface area (Å²) in [5.74, 6) is -0.629. The first-order chi connectivity index (χ1) is 15.0. The van der Waals surface area contributed by atoms with Crippen molar-refractivity contribution in [3.8, 4) is 5.88 Å². The molecule has 4 aromatic heterocycles. The van der Waals surface area contributed by atoms with Gasteiger partial charge in [-0.25, -0.2) is 18.7 Å². The number of rotatable bonds is 4. The number of H-pyrrole nitrogens is 1. The monoisotopic (exact) mass is 417 g/mol. The minimum atomic E-state index is -0.567. The summed E-state index contributed by atoms with van der Waals surface area (Å²) < 4.78 is 17.2. The van der Waals surface area contributed by atoms with Crippen LogP contribution in [0.2, 0.25) is 0 Å². The third kappa shape index (κ3) is 3.44. The van der Waals surface area contributed by atoms with Crippen LogP contribution in [-0.4, -0.2) is 40.1 Å². The quantitative estimate of drug-likeness (QED) is 0.436. The smallest absolute Gasteiger partial charge is 0.349 e. The Labute approximate surface area is 174 Å². The van der Waals surface area contributed by atoms with Crippen molar-refractivity contribution in [3.63, 3.8) is 0 Å². The fourth-order valence-electron chi connectivity index (χ4n) is 3.37. The summed E-state index contributed by atoms with van der Waals surface area (Å²) in [6.45, 7) is 1.69. The molecule has 5 rings (SSSR count). The van der Waals surface area contributed by atoms with Gasteiger partial charge < -0.3 is 5.11 Å². The maximum Gasteiger partial charge on any atom is 0.349 e. The number of hydrogen-bond donors (Lipinski definition) is 2. The van der Waals surface area contributed by atoms with Gasteiger partial charge in [0.1, 0.15) is 11.5 Å². The molecule has 0 saturated heterocycles. The molecule has 1 aromatic carbocycles. The molecule has 0 aliphatic rings. The summed E-state index contributed by atoms with van der Waals surface area (Å²) in [6, 6.07) is 10.4. The Morgan fingerprint density at radius 2 is 2.13 bits per heavy atom. The molecule has 0 fully saturated rings. The van der Waals surface area contributed by atoms with Gasteiger partial charge in [-0.3, -0.25) is 9.97 Å². The van der Waals surface area contributed by atoms with Crippen molar-refractivity contribution in [2.45, 2.75) is 13.3 Å². The van der Waals surface area contributed by atoms with E-state index in [1.54, 1.807) is 42.0 Å². The molecule has 0 aliphatic heterocycles. The lowest BCUT2D eigenvalue weighted by molar-refractivity contribution is 0.455. The molecule has 0 radical (unpaired) electrons. The third-order valence-electron chi connectivity index (χ3n) is 4.89. The van der Waals surface area contributed by atoms with E-state index in [4.69, 9.17) is 0 Å². The highest BCUT2D eigenvalue weighted by molar-refractivity contribution is 5.96. The van der Waals surface area contributed by atoms with Crippen molar-refractivity contribution < 1.29 is 9.50 Å². The number of nitrogens with one attached hydrogen (secondary N) is 1. The molecule has 0 atom stereocenters. The summed E-state index contributed by atoms with van der Waals surface area (Å²) in [4.78, 5) is 22.5. The van der Waals surface area contributed by atoms with Gasteiger partial charge in [0, 0.05) is 24.1 Å². The van der Waals surface area contributed by atoms with E-state index >= 15 is 0 Å². The van der Waals surface area contributed by atoms with Gasteiger partial charge in [0.15, 0.2) is 5.65 Å². The summed E-state index contributed by atoms with van der Waals surface area (Å²) in [5.41, 5.74) is 2.79. The Balaban J connectivity index is 1.53. The highest BCUT2D eigenvalue weighted by atomic mass is 19.1. The molecule has 0 bridgehead atoms. The summed E-state index contributed by atoms with van der Waals surface area (Å²) in [5, 5.41) is 19.0. The molecule has 9 nitrogen and oxygen atoms in total. The number of fused-ring (bicyclic) bond motifs is 2. The van der Waals surface area contributed by atoms with E-state index in [1.165, 1.54) is 12.3 Å². The first-order valence-corrected chi connectivity index (χ1v) is 9.41. The fourth-order valence-corrected chi connectivity index (χ4v) is 3.37. The lowest BCUT2D eigenvalue weighted by Crippen LogP contribution is -2.15. The van der Waals surface area contributed by atoms with Crippen molar-refractivity contribution in [3.05, 3.63) is 88.2 Å². The molecule has 31 heavy (non-hydrogen) atoms. The van der Waals surface area contributed by atoms with Crippen LogP contribution in [0.5, 0.6) is 5.88 Å². The van der Waals surface area contributed by atoms with E-state index < -0.39 is 5.69 Å². The van der Waals surface area contributed by atoms with E-state index in [-0.39, 0.29) is 18.1 Å². The zero-order chi connectivity index (χ0) is 21.5. The number of pyridine rings is 1. The minimum absolute atomic E-state index is 0.283. The number of aromatic hydroxyl groups is 1. The third-order valence-corrected chi connectivity index (χ3v) is 4.89. The number of benzene rings is 1. The Hall–Kier alpha value is -4.34. The Kier molecular flexibility index (Phi) is 4.32. The predicted octanol–water partition coefficient (Wildman–Crippen LogP) is 2.48. The largest absolute Gasteiger partial charge is 0.493 e. The van der Waals surface area contributed by atoms with Crippen molar-refractivity contribution in [2.75, 3.05) is 0 Å². The normalized spacial score (nSPS) is 12.1. The molecule has 4 heterocycles. The van der Waals surface area contributed by atoms with Crippen LogP contribution in [0.15, 0.2) is 64.9 Å². The first kappa shape index (κ1) is 18.7. The average Bonchev–Trinajstić information content (AvgIpc) is 3.30. The zero-order valence-electron chi connectivity index (χ0n) is 16.3. The molecular formula is C21H16FN7O2. The molecule has 5 aromatic rings. The summed E-state index contributed by atoms with van der Waals surface area (Å²) in [7, 11) is 0. The number of halogens is 1. The van der Waals surface area contributed by atoms with Crippen LogP contribution in [0, 0.1) is 5.82 Å². The van der Waals surface area contributed by atoms with E-state index in [2.05, 4.69) is 25.2 Å². The topological polar surface area (TPSA) is 113 Å². The first-order valence-electron chi connectivity index (χ1n) is 9.41. The van der Waals surface area contributed by atoms with Crippen molar-refractivity contribution in [1.82, 2.24) is 29.2 Å². The molecule has 0 unspecified atom stereocenters. The number of nitrogens with zero attached hydrogens (tertiary/aromatic N) is 6. The van der Waals surface area contributed by atoms with E-state index in [1.807, 2.05) is 12.1 Å². The Bertz CT molecular complexity index is 1530. The number of aromatic amines is 1. The van der Waals surface area contributed by atoms with Crippen molar-refractivity contribution in [2.24, 2.45) is 5.10 Å². The van der Waals surface area contributed by atoms with Gasteiger partial charge in [-0.15, -0.1) is 0 Å². The highest BCUT2D eigenvalue weighted by Crippen LogP contribution is 2.20. The van der Waals surface area contributed by atoms with E-state index in [0.29, 0.717) is 33.8 Å². The molecule has 10 heteroatoms. The van der Waals surface area contributed by atoms with Crippen molar-refractivity contribution in [1.29, 1.82) is 0 Å². The summed E-state index contributed by atoms with van der Waals surface area (Å²) in [6.07, 6.45) is 4.74. The van der Waals surface area contributed by atoms with Crippen LogP contribution >= 0.6 is 0 Å². The summed E-state index contributed by atoms with van der Waals surface area (Å²) >= 11 is 0. The molecule has 154 valence electrons. The van der Waals surface area contributed by atoms with Gasteiger partial charge in [0.25, 0.3) is 0 Å². The van der Waals surface area contributed by atoms with Crippen LogP contribution in [0.1, 0.15) is 23.9 Å². The molecule has 0 aliphatic carbocycles. The molecule has 0 saturated carbocycles. The van der Waals surface area contributed by atoms with Gasteiger partial charge in [0.05, 0.1) is 29.3 Å². The van der Waals surface area contributed by atoms with Crippen LogP contribution in [0.3, 0.4) is 0 Å². The number of hydrogen-bond acceptors (Lipinski definition) is 6. The van der Waals surface area contributed by atoms with Crippen molar-refractivity contribution >= 4 is 22.3 Å². The van der Waals surface area contributed by atoms with Crippen LogP contribution in [-0.2, 0) is 6.42 Å². The van der Waals surface area contributed by atoms with Gasteiger partial charge in [-0.1, -0.05) is 6.07 Å². The number of imidazole rings is 2. The maximum atomic E-state index is 14.6. The zero-order valence-corrected chi connectivity index (χ0v) is 16.3. The molecule has 0 amide bonds. The minimum Gasteiger partial charge on any atom is -0.493 e. The van der Waals surface area contributed by atoms with Crippen LogP contribution < -0.4 is 5.69 Å². The van der Waals surface area contributed by atoms with E-state index in [9.17, 15) is 14.3 Å².